The average molecular weight is 390 g/mol. The highest BCUT2D eigenvalue weighted by Gasteiger charge is 2.38. The second-order valence-corrected chi connectivity index (χ2v) is 9.10. The van der Waals surface area contributed by atoms with Gasteiger partial charge >= 0.3 is 5.97 Å². The van der Waals surface area contributed by atoms with Crippen LogP contribution in [0.4, 0.5) is 5.00 Å². The molecule has 0 unspecified atom stereocenters. The van der Waals surface area contributed by atoms with E-state index >= 15 is 0 Å². The van der Waals surface area contributed by atoms with E-state index in [1.54, 1.807) is 11.0 Å². The van der Waals surface area contributed by atoms with Crippen LogP contribution in [0.1, 0.15) is 68.1 Å². The van der Waals surface area contributed by atoms with Crippen LogP contribution in [-0.4, -0.2) is 34.2 Å². The van der Waals surface area contributed by atoms with E-state index in [0.717, 1.165) is 19.3 Å². The fourth-order valence-electron chi connectivity index (χ4n) is 3.58. The normalized spacial score (nSPS) is 25.0. The van der Waals surface area contributed by atoms with Crippen molar-refractivity contribution >= 4 is 28.2 Å². The van der Waals surface area contributed by atoms with Gasteiger partial charge in [-0.25, -0.2) is 4.79 Å². The lowest BCUT2D eigenvalue weighted by Crippen LogP contribution is -2.46. The minimum Gasteiger partial charge on any atom is -0.478 e. The molecule has 3 atom stereocenters. The van der Waals surface area contributed by atoms with Crippen molar-refractivity contribution in [1.29, 1.82) is 0 Å². The number of hydrogen-bond donors (Lipinski definition) is 2. The van der Waals surface area contributed by atoms with E-state index in [1.165, 1.54) is 11.3 Å². The Morgan fingerprint density at radius 3 is 2.52 bits per heavy atom. The van der Waals surface area contributed by atoms with Gasteiger partial charge in [0, 0.05) is 12.0 Å². The van der Waals surface area contributed by atoms with Gasteiger partial charge in [0.15, 0.2) is 0 Å². The van der Waals surface area contributed by atoms with Gasteiger partial charge in [0.2, 0.25) is 5.91 Å². The van der Waals surface area contributed by atoms with Crippen LogP contribution in [-0.2, 0) is 4.79 Å². The first kappa shape index (κ1) is 19.9. The molecule has 0 radical (unpaired) electrons. The Labute approximate surface area is 164 Å². The summed E-state index contributed by atoms with van der Waals surface area (Å²) in [4.78, 5) is 27.3. The smallest absolute Gasteiger partial charge is 0.338 e. The van der Waals surface area contributed by atoms with Gasteiger partial charge in [-0.1, -0.05) is 18.8 Å². The van der Waals surface area contributed by atoms with Crippen LogP contribution in [0.5, 0.6) is 0 Å². The van der Waals surface area contributed by atoms with Crippen molar-refractivity contribution in [3.63, 3.8) is 0 Å². The first-order valence-corrected chi connectivity index (χ1v) is 10.5. The molecule has 1 amide bonds. The number of thiophene rings is 1. The third kappa shape index (κ3) is 4.53. The summed E-state index contributed by atoms with van der Waals surface area (Å²) in [6, 6.07) is 1.37. The molecule has 1 heterocycles. The Morgan fingerprint density at radius 2 is 1.96 bits per heavy atom. The summed E-state index contributed by atoms with van der Waals surface area (Å²) in [5, 5.41) is 20.5. The van der Waals surface area contributed by atoms with Crippen LogP contribution < -0.4 is 4.90 Å². The lowest BCUT2D eigenvalue weighted by atomic mass is 9.80. The van der Waals surface area contributed by atoms with E-state index in [4.69, 9.17) is 0 Å². The van der Waals surface area contributed by atoms with Crippen molar-refractivity contribution in [3.8, 4) is 11.8 Å². The highest BCUT2D eigenvalue weighted by atomic mass is 32.1. The number of carbonyl (C=O) groups is 2. The molecular weight excluding hydrogens is 362 g/mol. The summed E-state index contributed by atoms with van der Waals surface area (Å²) in [5.41, 5.74) is 0.112. The summed E-state index contributed by atoms with van der Waals surface area (Å²) in [5.74, 6) is 5.32. The summed E-state index contributed by atoms with van der Waals surface area (Å²) >= 11 is 1.26. The number of carboxylic acid groups (broad SMARTS) is 1. The highest BCUT2D eigenvalue weighted by molar-refractivity contribution is 7.17. The number of carboxylic acids is 1. The lowest BCUT2D eigenvalue weighted by molar-refractivity contribution is -0.128. The van der Waals surface area contributed by atoms with Crippen LogP contribution in [0.15, 0.2) is 6.07 Å². The topological polar surface area (TPSA) is 77.8 Å². The molecule has 27 heavy (non-hydrogen) atoms. The molecule has 6 heteroatoms. The number of aliphatic hydroxyl groups is 1. The Morgan fingerprint density at radius 1 is 1.26 bits per heavy atom. The average Bonchev–Trinajstić information content (AvgIpc) is 3.32. The first-order chi connectivity index (χ1) is 12.8. The summed E-state index contributed by atoms with van der Waals surface area (Å²) in [7, 11) is 0. The van der Waals surface area contributed by atoms with E-state index in [2.05, 4.69) is 18.8 Å². The van der Waals surface area contributed by atoms with Crippen LogP contribution in [0.3, 0.4) is 0 Å². The standard InChI is InChI=1S/C21H27NO4S/c1-12(2)22(19(24)16-9-4-13(3)10-18(16)23)20-17(21(25)26)11-15(27-20)8-7-14-5-6-14/h11-14,16,18,23H,4-6,9-10H2,1-3H3,(H,25,26)/t13-,16-,18+/m1/s1. The predicted octanol–water partition coefficient (Wildman–Crippen LogP) is 3.75. The second-order valence-electron chi connectivity index (χ2n) is 8.07. The number of anilines is 1. The molecule has 1 aromatic rings. The molecule has 5 nitrogen and oxygen atoms in total. The summed E-state index contributed by atoms with van der Waals surface area (Å²) in [6.45, 7) is 5.82. The number of carbonyl (C=O) groups excluding carboxylic acids is 1. The first-order valence-electron chi connectivity index (χ1n) is 9.67. The Balaban J connectivity index is 1.93. The maximum atomic E-state index is 13.3. The Kier molecular flexibility index (Phi) is 5.92. The largest absolute Gasteiger partial charge is 0.478 e. The molecule has 3 rings (SSSR count). The van der Waals surface area contributed by atoms with Crippen LogP contribution >= 0.6 is 11.3 Å². The minimum absolute atomic E-state index is 0.112. The zero-order valence-corrected chi connectivity index (χ0v) is 16.9. The minimum atomic E-state index is -1.06. The number of nitrogens with zero attached hydrogens (tertiary/aromatic N) is 1. The van der Waals surface area contributed by atoms with Crippen molar-refractivity contribution in [2.75, 3.05) is 4.90 Å². The number of aliphatic hydroxyl groups excluding tert-OH is 1. The molecule has 2 N–H and O–H groups in total. The molecule has 0 aromatic carbocycles. The van der Waals surface area contributed by atoms with Gasteiger partial charge in [-0.3, -0.25) is 4.79 Å². The zero-order valence-electron chi connectivity index (χ0n) is 16.1. The van der Waals surface area contributed by atoms with Gasteiger partial charge < -0.3 is 15.1 Å². The van der Waals surface area contributed by atoms with E-state index in [1.807, 2.05) is 13.8 Å². The van der Waals surface area contributed by atoms with Gasteiger partial charge in [-0.2, -0.15) is 0 Å². The Hall–Kier alpha value is -1.84. The van der Waals surface area contributed by atoms with Crippen molar-refractivity contribution in [2.45, 2.75) is 65.0 Å². The summed E-state index contributed by atoms with van der Waals surface area (Å²) < 4.78 is 0. The van der Waals surface area contributed by atoms with Gasteiger partial charge in [0.05, 0.1) is 22.5 Å². The predicted molar refractivity (Wildman–Crippen MR) is 106 cm³/mol. The van der Waals surface area contributed by atoms with Gasteiger partial charge in [0.1, 0.15) is 5.00 Å². The molecule has 0 bridgehead atoms. The molecule has 2 fully saturated rings. The fourth-order valence-corrected chi connectivity index (χ4v) is 4.73. The number of rotatable bonds is 4. The monoisotopic (exact) mass is 389 g/mol. The van der Waals surface area contributed by atoms with Crippen LogP contribution in [0.25, 0.3) is 0 Å². The molecule has 2 saturated carbocycles. The van der Waals surface area contributed by atoms with Gasteiger partial charge in [-0.05, 0) is 57.9 Å². The Bertz CT molecular complexity index is 784. The molecule has 146 valence electrons. The zero-order chi connectivity index (χ0) is 19.7. The van der Waals surface area contributed by atoms with Crippen LogP contribution in [0, 0.1) is 29.6 Å². The number of amides is 1. The van der Waals surface area contributed by atoms with Gasteiger partial charge in [-0.15, -0.1) is 11.3 Å². The second kappa shape index (κ2) is 8.04. The maximum absolute atomic E-state index is 13.3. The van der Waals surface area contributed by atoms with Crippen molar-refractivity contribution in [2.24, 2.45) is 17.8 Å². The molecule has 0 aliphatic heterocycles. The third-order valence-electron chi connectivity index (χ3n) is 5.29. The van der Waals surface area contributed by atoms with E-state index in [9.17, 15) is 19.8 Å². The maximum Gasteiger partial charge on any atom is 0.338 e. The molecule has 0 spiro atoms. The van der Waals surface area contributed by atoms with Crippen molar-refractivity contribution in [1.82, 2.24) is 0 Å². The SMILES string of the molecule is CC(C)N(C(=O)[C@@H]1CC[C@@H](C)C[C@@H]1O)c1sc(C#CC2CC2)cc1C(=O)O. The number of aromatic carboxylic acids is 1. The summed E-state index contributed by atoms with van der Waals surface area (Å²) in [6.07, 6.45) is 3.67. The molecule has 0 saturated heterocycles. The third-order valence-corrected chi connectivity index (χ3v) is 6.34. The molecule has 2 aliphatic rings. The molecule has 1 aromatic heterocycles. The van der Waals surface area contributed by atoms with Crippen LogP contribution in [0.2, 0.25) is 0 Å². The van der Waals surface area contributed by atoms with E-state index in [-0.39, 0.29) is 17.5 Å². The van der Waals surface area contributed by atoms with Crippen molar-refractivity contribution < 1.29 is 19.8 Å². The number of hydrogen-bond acceptors (Lipinski definition) is 4. The lowest BCUT2D eigenvalue weighted by Gasteiger charge is -2.35. The van der Waals surface area contributed by atoms with Crippen molar-refractivity contribution in [3.05, 3.63) is 16.5 Å². The fraction of sp³-hybridized carbons (Fsp3) is 0.619. The molecular formula is C21H27NO4S. The molecule has 2 aliphatic carbocycles. The van der Waals surface area contributed by atoms with E-state index < -0.39 is 18.0 Å². The highest BCUT2D eigenvalue weighted by Crippen LogP contribution is 2.37. The van der Waals surface area contributed by atoms with Gasteiger partial charge in [0.25, 0.3) is 0 Å². The quantitative estimate of drug-likeness (QED) is 0.769. The van der Waals surface area contributed by atoms with E-state index in [0.29, 0.717) is 34.6 Å².